The maximum atomic E-state index is 5.76. The molecule has 4 heterocycles. The molecule has 0 fully saturated rings. The molecule has 0 radical (unpaired) electrons. The molecule has 0 aliphatic rings. The standard InChI is InChI=1S/C49H29N3S3/c1-28-14-13-23-37(45(28)53-30-16-3-2-4-17-30)42-48(50-43-35-22-10-12-25-39(35)54-49(43)51-42)52-38-24-11-9-21-34(38)40-32-19-7-8-20-33(32)41-36-27-26-29-15-5-6-18-31(29)46(36)55-47(41)44(40)52/h2-27H,1H3. The van der Waals surface area contributed by atoms with Gasteiger partial charge in [0.25, 0.3) is 0 Å². The van der Waals surface area contributed by atoms with Gasteiger partial charge in [0.15, 0.2) is 5.82 Å². The van der Waals surface area contributed by atoms with Gasteiger partial charge in [0.05, 0.1) is 15.7 Å². The molecule has 8 aromatic carbocycles. The first-order chi connectivity index (χ1) is 27.2. The zero-order valence-corrected chi connectivity index (χ0v) is 32.0. The highest BCUT2D eigenvalue weighted by molar-refractivity contribution is 7.99. The predicted octanol–water partition coefficient (Wildman–Crippen LogP) is 14.7. The number of aromatic nitrogens is 3. The van der Waals surface area contributed by atoms with Crippen LogP contribution in [0.1, 0.15) is 5.56 Å². The van der Waals surface area contributed by atoms with Crippen molar-refractivity contribution in [2.45, 2.75) is 16.7 Å². The number of fused-ring (bicyclic) bond motifs is 15. The van der Waals surface area contributed by atoms with Gasteiger partial charge in [-0.05, 0) is 58.3 Å². The van der Waals surface area contributed by atoms with Crippen LogP contribution in [0, 0.1) is 6.92 Å². The van der Waals surface area contributed by atoms with E-state index in [0.717, 1.165) is 38.3 Å². The Labute approximate surface area is 328 Å². The van der Waals surface area contributed by atoms with Crippen LogP contribution in [0.5, 0.6) is 0 Å². The molecule has 12 aromatic rings. The van der Waals surface area contributed by atoms with Gasteiger partial charge in [-0.3, -0.25) is 4.57 Å². The third-order valence-electron chi connectivity index (χ3n) is 11.0. The minimum atomic E-state index is 0.849. The minimum absolute atomic E-state index is 0.849. The highest BCUT2D eigenvalue weighted by atomic mass is 32.2. The lowest BCUT2D eigenvalue weighted by molar-refractivity contribution is 1.08. The van der Waals surface area contributed by atoms with Crippen molar-refractivity contribution in [3.8, 4) is 17.1 Å². The molecule has 55 heavy (non-hydrogen) atoms. The highest BCUT2D eigenvalue weighted by Gasteiger charge is 2.27. The van der Waals surface area contributed by atoms with E-state index in [1.807, 2.05) is 11.3 Å². The number of thiophene rings is 2. The monoisotopic (exact) mass is 755 g/mol. The zero-order chi connectivity index (χ0) is 36.2. The Bertz CT molecular complexity index is 3540. The van der Waals surface area contributed by atoms with Crippen LogP contribution in [-0.4, -0.2) is 14.5 Å². The van der Waals surface area contributed by atoms with Gasteiger partial charge < -0.3 is 0 Å². The smallest absolute Gasteiger partial charge is 0.165 e. The largest absolute Gasteiger partial charge is 0.290 e. The van der Waals surface area contributed by atoms with Crippen molar-refractivity contribution in [1.82, 2.24) is 14.5 Å². The van der Waals surface area contributed by atoms with Gasteiger partial charge in [-0.15, -0.1) is 22.7 Å². The molecule has 0 amide bonds. The van der Waals surface area contributed by atoms with Crippen LogP contribution in [0.4, 0.5) is 0 Å². The number of para-hydroxylation sites is 1. The molecule has 0 aliphatic carbocycles. The first-order valence-electron chi connectivity index (χ1n) is 18.4. The summed E-state index contributed by atoms with van der Waals surface area (Å²) in [4.78, 5) is 14.7. The van der Waals surface area contributed by atoms with Crippen LogP contribution in [0.25, 0.3) is 101 Å². The van der Waals surface area contributed by atoms with Crippen LogP contribution >= 0.6 is 34.4 Å². The molecule has 3 nitrogen and oxygen atoms in total. The van der Waals surface area contributed by atoms with Crippen molar-refractivity contribution < 1.29 is 0 Å². The summed E-state index contributed by atoms with van der Waals surface area (Å²) < 4.78 is 6.22. The topological polar surface area (TPSA) is 30.7 Å². The lowest BCUT2D eigenvalue weighted by atomic mass is 9.98. The molecule has 0 saturated heterocycles. The molecular formula is C49H29N3S3. The Morgan fingerprint density at radius 1 is 0.527 bits per heavy atom. The van der Waals surface area contributed by atoms with Crippen LogP contribution in [0.3, 0.4) is 0 Å². The second kappa shape index (κ2) is 12.0. The van der Waals surface area contributed by atoms with E-state index in [9.17, 15) is 0 Å². The van der Waals surface area contributed by atoms with Gasteiger partial charge in [-0.1, -0.05) is 145 Å². The molecule has 258 valence electrons. The Kier molecular flexibility index (Phi) is 6.82. The Morgan fingerprint density at radius 2 is 1.24 bits per heavy atom. The van der Waals surface area contributed by atoms with Gasteiger partial charge in [-0.25, -0.2) is 9.97 Å². The summed E-state index contributed by atoms with van der Waals surface area (Å²) in [6.07, 6.45) is 0. The number of aryl methyl sites for hydroxylation is 1. The number of rotatable bonds is 4. The van der Waals surface area contributed by atoms with E-state index in [1.54, 1.807) is 23.1 Å². The maximum Gasteiger partial charge on any atom is 0.165 e. The normalized spacial score (nSPS) is 12.2. The predicted molar refractivity (Wildman–Crippen MR) is 238 cm³/mol. The minimum Gasteiger partial charge on any atom is -0.290 e. The summed E-state index contributed by atoms with van der Waals surface area (Å²) in [5.41, 5.74) is 6.42. The fraction of sp³-hybridized carbons (Fsp3) is 0.0204. The number of nitrogens with zero attached hydrogens (tertiary/aromatic N) is 3. The molecule has 12 rings (SSSR count). The lowest BCUT2D eigenvalue weighted by Gasteiger charge is -2.17. The molecule has 0 N–H and O–H groups in total. The Balaban J connectivity index is 1.30. The van der Waals surface area contributed by atoms with Crippen molar-refractivity contribution in [3.63, 3.8) is 0 Å². The molecule has 4 aromatic heterocycles. The van der Waals surface area contributed by atoms with Crippen LogP contribution in [-0.2, 0) is 0 Å². The average molecular weight is 756 g/mol. The molecule has 6 heteroatoms. The third kappa shape index (κ3) is 4.56. The van der Waals surface area contributed by atoms with Crippen molar-refractivity contribution in [3.05, 3.63) is 163 Å². The van der Waals surface area contributed by atoms with Crippen molar-refractivity contribution >= 4 is 118 Å². The second-order valence-corrected chi connectivity index (χ2v) is 17.2. The van der Waals surface area contributed by atoms with E-state index in [2.05, 4.69) is 169 Å². The summed E-state index contributed by atoms with van der Waals surface area (Å²) in [6.45, 7) is 2.21. The summed E-state index contributed by atoms with van der Waals surface area (Å²) >= 11 is 5.42. The van der Waals surface area contributed by atoms with E-state index >= 15 is 0 Å². The van der Waals surface area contributed by atoms with E-state index in [1.165, 1.54) is 78.1 Å². The molecule has 0 bridgehead atoms. The molecular weight excluding hydrogens is 727 g/mol. The summed E-state index contributed by atoms with van der Waals surface area (Å²) in [5.74, 6) is 0.849. The number of benzene rings is 8. The Hall–Kier alpha value is -6.05. The first kappa shape index (κ1) is 31.3. The fourth-order valence-electron chi connectivity index (χ4n) is 8.56. The van der Waals surface area contributed by atoms with Crippen molar-refractivity contribution in [2.24, 2.45) is 0 Å². The van der Waals surface area contributed by atoms with Gasteiger partial charge >= 0.3 is 0 Å². The first-order valence-corrected chi connectivity index (χ1v) is 20.9. The fourth-order valence-corrected chi connectivity index (χ4v) is 12.0. The summed E-state index contributed by atoms with van der Waals surface area (Å²) in [7, 11) is 0. The van der Waals surface area contributed by atoms with Crippen LogP contribution < -0.4 is 0 Å². The quantitative estimate of drug-likeness (QED) is 0.179. The molecule has 0 unspecified atom stereocenters. The summed E-state index contributed by atoms with van der Waals surface area (Å²) in [6, 6.07) is 57.1. The van der Waals surface area contributed by atoms with Crippen molar-refractivity contribution in [2.75, 3.05) is 0 Å². The van der Waals surface area contributed by atoms with Gasteiger partial charge in [-0.2, -0.15) is 0 Å². The third-order valence-corrected chi connectivity index (χ3v) is 14.5. The summed E-state index contributed by atoms with van der Waals surface area (Å²) in [5, 5.41) is 11.3. The molecule has 0 atom stereocenters. The van der Waals surface area contributed by atoms with E-state index in [0.29, 0.717) is 0 Å². The maximum absolute atomic E-state index is 5.76. The van der Waals surface area contributed by atoms with E-state index in [4.69, 9.17) is 9.97 Å². The van der Waals surface area contributed by atoms with Crippen LogP contribution in [0.2, 0.25) is 0 Å². The van der Waals surface area contributed by atoms with Gasteiger partial charge in [0.2, 0.25) is 0 Å². The number of hydrogen-bond donors (Lipinski definition) is 0. The van der Waals surface area contributed by atoms with Gasteiger partial charge in [0, 0.05) is 51.7 Å². The van der Waals surface area contributed by atoms with Crippen molar-refractivity contribution in [1.29, 1.82) is 0 Å². The second-order valence-electron chi connectivity index (χ2n) is 14.1. The molecule has 0 aliphatic heterocycles. The Morgan fingerprint density at radius 3 is 2.09 bits per heavy atom. The molecule has 0 spiro atoms. The van der Waals surface area contributed by atoms with E-state index < -0.39 is 0 Å². The lowest BCUT2D eigenvalue weighted by Crippen LogP contribution is -2.04. The highest BCUT2D eigenvalue weighted by Crippen LogP contribution is 2.50. The average Bonchev–Trinajstić information content (AvgIpc) is 3.92. The molecule has 0 saturated carbocycles. The van der Waals surface area contributed by atoms with E-state index in [-0.39, 0.29) is 0 Å². The SMILES string of the molecule is Cc1cccc(-c2nc3sc4ccccc4c3nc2-n2c3ccccc3c3c4ccccc4c4c5ccc6ccccc6c5sc4c32)c1Sc1ccccc1. The van der Waals surface area contributed by atoms with Crippen LogP contribution in [0.15, 0.2) is 168 Å². The van der Waals surface area contributed by atoms with Gasteiger partial charge in [0.1, 0.15) is 16.0 Å². The number of hydrogen-bond acceptors (Lipinski definition) is 5. The zero-order valence-electron chi connectivity index (χ0n) is 29.6.